The summed E-state index contributed by atoms with van der Waals surface area (Å²) in [5.74, 6) is -2.57. The molecule has 0 saturated heterocycles. The van der Waals surface area contributed by atoms with Gasteiger partial charge in [0.05, 0.1) is 11.6 Å². The molecule has 2 atom stereocenters. The van der Waals surface area contributed by atoms with Crippen LogP contribution in [0.2, 0.25) is 0 Å². The highest BCUT2D eigenvalue weighted by Crippen LogP contribution is 2.53. The third kappa shape index (κ3) is 1.43. The number of nitrogens with one attached hydrogen (secondary N) is 3. The lowest BCUT2D eigenvalue weighted by Gasteiger charge is -2.35. The molecule has 1 aromatic heterocycles. The fourth-order valence-corrected chi connectivity index (χ4v) is 3.43. The van der Waals surface area contributed by atoms with Crippen molar-refractivity contribution >= 4 is 17.5 Å². The van der Waals surface area contributed by atoms with Crippen LogP contribution in [0.4, 0.5) is 10.1 Å². The quantitative estimate of drug-likeness (QED) is 0.685. The van der Waals surface area contributed by atoms with Gasteiger partial charge in [0.1, 0.15) is 17.2 Å². The van der Waals surface area contributed by atoms with E-state index in [1.807, 2.05) is 6.07 Å². The number of rotatable bonds is 0. The van der Waals surface area contributed by atoms with Gasteiger partial charge in [0.25, 0.3) is 0 Å². The van der Waals surface area contributed by atoms with Crippen LogP contribution in [0.3, 0.4) is 0 Å². The first-order chi connectivity index (χ1) is 11.0. The molecule has 2 unspecified atom stereocenters. The van der Waals surface area contributed by atoms with Crippen molar-refractivity contribution in [1.82, 2.24) is 10.2 Å². The molecule has 114 valence electrons. The van der Waals surface area contributed by atoms with Gasteiger partial charge in [-0.15, -0.1) is 5.10 Å². The van der Waals surface area contributed by atoms with E-state index in [0.717, 1.165) is 0 Å². The molecule has 3 N–H and O–H groups in total. The summed E-state index contributed by atoms with van der Waals surface area (Å²) in [6.07, 6.45) is 0. The number of halogens is 1. The summed E-state index contributed by atoms with van der Waals surface area (Å²) in [5, 5.41) is 26.9. The van der Waals surface area contributed by atoms with E-state index in [1.165, 1.54) is 18.2 Å². The van der Waals surface area contributed by atoms with Crippen LogP contribution in [0, 0.1) is 35.4 Å². The average molecular weight is 311 g/mol. The molecule has 2 aliphatic heterocycles. The first-order valence-electron chi connectivity index (χ1n) is 6.83. The number of aromatic amines is 1. The van der Waals surface area contributed by atoms with Gasteiger partial charge < -0.3 is 10.1 Å². The Morgan fingerprint density at radius 3 is 3.04 bits per heavy atom. The number of hydrogen-bond acceptors (Lipinski definition) is 5. The maximum atomic E-state index is 13.8. The number of H-pyrrole nitrogens is 1. The largest absolute Gasteiger partial charge is 0.422 e. The Labute approximate surface area is 129 Å². The summed E-state index contributed by atoms with van der Waals surface area (Å²) in [7, 11) is 0. The molecule has 8 heteroatoms. The Balaban J connectivity index is 2.15. The number of benzene rings is 1. The zero-order valence-corrected chi connectivity index (χ0v) is 11.9. The van der Waals surface area contributed by atoms with Crippen molar-refractivity contribution in [3.63, 3.8) is 0 Å². The minimum Gasteiger partial charge on any atom is -0.422 e. The van der Waals surface area contributed by atoms with Crippen molar-refractivity contribution < 1.29 is 13.9 Å². The topological polar surface area (TPSA) is 115 Å². The third-order valence-corrected chi connectivity index (χ3v) is 4.35. The van der Waals surface area contributed by atoms with Crippen molar-refractivity contribution in [3.8, 4) is 11.9 Å². The van der Waals surface area contributed by atoms with E-state index in [-0.39, 0.29) is 5.88 Å². The molecular formula is C15H10FN5O2. The number of aryl methyl sites for hydroxylation is 1. The Bertz CT molecular complexity index is 928. The highest BCUT2D eigenvalue weighted by molar-refractivity contribution is 6.13. The summed E-state index contributed by atoms with van der Waals surface area (Å²) in [6.45, 7) is 1.69. The van der Waals surface area contributed by atoms with E-state index < -0.39 is 29.0 Å². The second kappa shape index (κ2) is 4.16. The van der Waals surface area contributed by atoms with Crippen molar-refractivity contribution in [2.24, 2.45) is 5.92 Å². The number of carbonyl (C=O) groups is 1. The lowest BCUT2D eigenvalue weighted by molar-refractivity contribution is -0.120. The van der Waals surface area contributed by atoms with Gasteiger partial charge in [-0.25, -0.2) is 4.39 Å². The average Bonchev–Trinajstić information content (AvgIpc) is 3.00. The van der Waals surface area contributed by atoms with Crippen LogP contribution in [0.25, 0.3) is 0 Å². The fourth-order valence-electron chi connectivity index (χ4n) is 3.43. The molecule has 0 saturated carbocycles. The molecule has 4 rings (SSSR count). The Morgan fingerprint density at radius 2 is 2.30 bits per heavy atom. The molecule has 0 aliphatic carbocycles. The number of nitrogens with zero attached hydrogens (tertiary/aromatic N) is 2. The van der Waals surface area contributed by atoms with E-state index in [0.29, 0.717) is 22.5 Å². The number of aromatic nitrogens is 2. The molecule has 3 heterocycles. The highest BCUT2D eigenvalue weighted by Gasteiger charge is 2.61. The minimum atomic E-state index is -1.55. The molecular weight excluding hydrogens is 301 g/mol. The monoisotopic (exact) mass is 311 g/mol. The molecule has 7 nitrogen and oxygen atoms in total. The predicted molar refractivity (Wildman–Crippen MR) is 76.6 cm³/mol. The van der Waals surface area contributed by atoms with Crippen molar-refractivity contribution in [2.75, 3.05) is 5.32 Å². The second-order valence-corrected chi connectivity index (χ2v) is 5.51. The van der Waals surface area contributed by atoms with Crippen molar-refractivity contribution in [1.29, 1.82) is 10.7 Å². The van der Waals surface area contributed by atoms with Gasteiger partial charge in [-0.1, -0.05) is 0 Å². The zero-order chi connectivity index (χ0) is 16.4. The standard InChI is InChI=1S/C15H10FN5O2/c1-6-11-13(21-20-6)23-12(18)9(5-17)15(11)8-4-7(16)2-3-10(8)19-14(15)22/h2-4,9,18H,1H3,(H,19,22)(H,20,21). The number of carbonyl (C=O) groups excluding carboxylic acids is 1. The summed E-state index contributed by atoms with van der Waals surface area (Å²) >= 11 is 0. The Hall–Kier alpha value is -3.21. The zero-order valence-electron chi connectivity index (χ0n) is 11.9. The number of hydrogen-bond donors (Lipinski definition) is 3. The first-order valence-corrected chi connectivity index (χ1v) is 6.83. The van der Waals surface area contributed by atoms with Gasteiger partial charge in [0, 0.05) is 16.9 Å². The van der Waals surface area contributed by atoms with Gasteiger partial charge in [-0.3, -0.25) is 15.3 Å². The van der Waals surface area contributed by atoms with Gasteiger partial charge >= 0.3 is 0 Å². The van der Waals surface area contributed by atoms with Gasteiger partial charge in [-0.2, -0.15) is 5.26 Å². The Kier molecular flexibility index (Phi) is 2.44. The smallest absolute Gasteiger partial charge is 0.244 e. The van der Waals surface area contributed by atoms with Crippen LogP contribution in [0.5, 0.6) is 5.88 Å². The molecule has 1 amide bonds. The van der Waals surface area contributed by atoms with Crippen LogP contribution >= 0.6 is 0 Å². The van der Waals surface area contributed by atoms with E-state index in [1.54, 1.807) is 6.92 Å². The highest BCUT2D eigenvalue weighted by atomic mass is 19.1. The number of fused-ring (bicyclic) bond motifs is 4. The maximum absolute atomic E-state index is 13.8. The molecule has 2 aliphatic rings. The van der Waals surface area contributed by atoms with Crippen LogP contribution in [0.15, 0.2) is 18.2 Å². The van der Waals surface area contributed by atoms with Crippen LogP contribution in [-0.4, -0.2) is 22.0 Å². The van der Waals surface area contributed by atoms with Crippen molar-refractivity contribution in [2.45, 2.75) is 12.3 Å². The maximum Gasteiger partial charge on any atom is 0.244 e. The normalized spacial score (nSPS) is 24.7. The second-order valence-electron chi connectivity index (χ2n) is 5.51. The fraction of sp³-hybridized carbons (Fsp3) is 0.200. The Morgan fingerprint density at radius 1 is 1.52 bits per heavy atom. The molecule has 23 heavy (non-hydrogen) atoms. The molecule has 1 spiro atoms. The molecule has 0 fully saturated rings. The SMILES string of the molecule is Cc1[nH]nc2c1C1(C(=O)Nc3ccc(F)cc31)C(C#N)C(=N)O2. The van der Waals surface area contributed by atoms with Gasteiger partial charge in [0.2, 0.25) is 17.7 Å². The lowest BCUT2D eigenvalue weighted by Crippen LogP contribution is -2.50. The van der Waals surface area contributed by atoms with Crippen LogP contribution in [0.1, 0.15) is 16.8 Å². The lowest BCUT2D eigenvalue weighted by atomic mass is 9.65. The van der Waals surface area contributed by atoms with Gasteiger partial charge in [0.15, 0.2) is 0 Å². The molecule has 0 radical (unpaired) electrons. The number of nitriles is 1. The number of ether oxygens (including phenoxy) is 1. The summed E-state index contributed by atoms with van der Waals surface area (Å²) in [4.78, 5) is 12.9. The minimum absolute atomic E-state index is 0.0614. The summed E-state index contributed by atoms with van der Waals surface area (Å²) in [5.41, 5.74) is 0.0705. The summed E-state index contributed by atoms with van der Waals surface area (Å²) < 4.78 is 19.1. The van der Waals surface area contributed by atoms with E-state index in [2.05, 4.69) is 15.5 Å². The van der Waals surface area contributed by atoms with E-state index in [9.17, 15) is 14.4 Å². The van der Waals surface area contributed by atoms with Crippen LogP contribution < -0.4 is 10.1 Å². The van der Waals surface area contributed by atoms with Gasteiger partial charge in [-0.05, 0) is 25.1 Å². The van der Waals surface area contributed by atoms with Crippen molar-refractivity contribution in [3.05, 3.63) is 40.8 Å². The molecule has 2 aromatic rings. The van der Waals surface area contributed by atoms with Crippen LogP contribution in [-0.2, 0) is 10.2 Å². The summed E-state index contributed by atoms with van der Waals surface area (Å²) in [6, 6.07) is 5.85. The number of amides is 1. The molecule has 1 aromatic carbocycles. The predicted octanol–water partition coefficient (Wildman–Crippen LogP) is 1.60. The first kappa shape index (κ1) is 13.5. The third-order valence-electron chi connectivity index (χ3n) is 4.35. The van der Waals surface area contributed by atoms with E-state index >= 15 is 0 Å². The molecule has 0 bridgehead atoms. The number of anilines is 1. The van der Waals surface area contributed by atoms with E-state index in [4.69, 9.17) is 10.1 Å².